The molecule has 3 heteroatoms. The molecule has 1 atom stereocenters. The van der Waals surface area contributed by atoms with E-state index in [1.54, 1.807) is 0 Å². The number of rotatable bonds is 8. The van der Waals surface area contributed by atoms with Gasteiger partial charge in [0, 0.05) is 18.8 Å². The Labute approximate surface area is 85.5 Å². The van der Waals surface area contributed by atoms with Crippen LogP contribution in [-0.4, -0.2) is 16.9 Å². The SMILES string of the molecule is CCCCC(C)C(=O)CCCC(=O)O. The number of aliphatic carboxylic acids is 1. The normalized spacial score (nSPS) is 12.4. The first kappa shape index (κ1) is 13.1. The van der Waals surface area contributed by atoms with E-state index in [-0.39, 0.29) is 18.1 Å². The highest BCUT2D eigenvalue weighted by molar-refractivity contribution is 5.81. The zero-order chi connectivity index (χ0) is 11.0. The molecule has 0 spiro atoms. The molecular weight excluding hydrogens is 180 g/mol. The van der Waals surface area contributed by atoms with Gasteiger partial charge in [0.2, 0.25) is 0 Å². The lowest BCUT2D eigenvalue weighted by Gasteiger charge is -2.08. The molecule has 0 aromatic heterocycles. The van der Waals surface area contributed by atoms with Crippen molar-refractivity contribution in [3.05, 3.63) is 0 Å². The molecule has 3 nitrogen and oxygen atoms in total. The van der Waals surface area contributed by atoms with Crippen molar-refractivity contribution < 1.29 is 14.7 Å². The van der Waals surface area contributed by atoms with Crippen molar-refractivity contribution in [3.63, 3.8) is 0 Å². The van der Waals surface area contributed by atoms with Crippen LogP contribution in [0.3, 0.4) is 0 Å². The first-order valence-corrected chi connectivity index (χ1v) is 5.32. The van der Waals surface area contributed by atoms with Gasteiger partial charge in [-0.05, 0) is 12.8 Å². The molecule has 0 aliphatic carbocycles. The van der Waals surface area contributed by atoms with Crippen molar-refractivity contribution >= 4 is 11.8 Å². The fraction of sp³-hybridized carbons (Fsp3) is 0.818. The van der Waals surface area contributed by atoms with Gasteiger partial charge in [0.05, 0.1) is 0 Å². The van der Waals surface area contributed by atoms with Gasteiger partial charge in [0.15, 0.2) is 0 Å². The Balaban J connectivity index is 3.56. The number of hydrogen-bond donors (Lipinski definition) is 1. The molecule has 14 heavy (non-hydrogen) atoms. The monoisotopic (exact) mass is 200 g/mol. The third kappa shape index (κ3) is 6.63. The molecule has 0 aliphatic heterocycles. The Morgan fingerprint density at radius 1 is 1.21 bits per heavy atom. The molecule has 1 unspecified atom stereocenters. The Morgan fingerprint density at radius 2 is 1.86 bits per heavy atom. The van der Waals surface area contributed by atoms with Gasteiger partial charge in [0.25, 0.3) is 0 Å². The number of carbonyl (C=O) groups is 2. The van der Waals surface area contributed by atoms with Crippen LogP contribution in [0, 0.1) is 5.92 Å². The van der Waals surface area contributed by atoms with E-state index in [1.165, 1.54) is 0 Å². The lowest BCUT2D eigenvalue weighted by Crippen LogP contribution is -2.11. The Bertz CT molecular complexity index is 187. The van der Waals surface area contributed by atoms with Crippen LogP contribution in [0.5, 0.6) is 0 Å². The molecule has 0 saturated carbocycles. The van der Waals surface area contributed by atoms with Crippen LogP contribution in [0.15, 0.2) is 0 Å². The van der Waals surface area contributed by atoms with Crippen LogP contribution in [0.2, 0.25) is 0 Å². The fourth-order valence-corrected chi connectivity index (χ4v) is 1.33. The number of ketones is 1. The van der Waals surface area contributed by atoms with Crippen molar-refractivity contribution in [1.29, 1.82) is 0 Å². The van der Waals surface area contributed by atoms with Gasteiger partial charge in [-0.15, -0.1) is 0 Å². The number of carboxylic acids is 1. The van der Waals surface area contributed by atoms with Crippen LogP contribution in [0.1, 0.15) is 52.4 Å². The maximum absolute atomic E-state index is 11.4. The Hall–Kier alpha value is -0.860. The van der Waals surface area contributed by atoms with Gasteiger partial charge in [0.1, 0.15) is 5.78 Å². The van der Waals surface area contributed by atoms with E-state index in [1.807, 2.05) is 6.92 Å². The molecule has 0 rings (SSSR count). The van der Waals surface area contributed by atoms with Crippen molar-refractivity contribution in [2.24, 2.45) is 5.92 Å². The van der Waals surface area contributed by atoms with E-state index >= 15 is 0 Å². The second kappa shape index (κ2) is 7.54. The summed E-state index contributed by atoms with van der Waals surface area (Å²) < 4.78 is 0. The molecule has 0 aromatic rings. The third-order valence-corrected chi connectivity index (χ3v) is 2.35. The molecular formula is C11H20O3. The van der Waals surface area contributed by atoms with Crippen molar-refractivity contribution in [2.75, 3.05) is 0 Å². The number of carbonyl (C=O) groups excluding carboxylic acids is 1. The molecule has 0 bridgehead atoms. The van der Waals surface area contributed by atoms with Crippen LogP contribution < -0.4 is 0 Å². The van der Waals surface area contributed by atoms with Crippen molar-refractivity contribution in [1.82, 2.24) is 0 Å². The summed E-state index contributed by atoms with van der Waals surface area (Å²) in [5.41, 5.74) is 0. The smallest absolute Gasteiger partial charge is 0.303 e. The summed E-state index contributed by atoms with van der Waals surface area (Å²) in [7, 11) is 0. The van der Waals surface area contributed by atoms with Crippen LogP contribution >= 0.6 is 0 Å². The summed E-state index contributed by atoms with van der Waals surface area (Å²) in [5, 5.41) is 8.40. The first-order valence-electron chi connectivity index (χ1n) is 5.32. The van der Waals surface area contributed by atoms with E-state index < -0.39 is 5.97 Å². The molecule has 0 aromatic carbocycles. The average molecular weight is 200 g/mol. The Morgan fingerprint density at radius 3 is 2.36 bits per heavy atom. The van der Waals surface area contributed by atoms with Gasteiger partial charge in [-0.25, -0.2) is 0 Å². The van der Waals surface area contributed by atoms with Gasteiger partial charge in [-0.1, -0.05) is 26.7 Å². The minimum absolute atomic E-state index is 0.101. The maximum Gasteiger partial charge on any atom is 0.303 e. The molecule has 0 amide bonds. The molecule has 0 aliphatic rings. The second-order valence-corrected chi connectivity index (χ2v) is 3.76. The number of hydrogen-bond acceptors (Lipinski definition) is 2. The largest absolute Gasteiger partial charge is 0.481 e. The summed E-state index contributed by atoms with van der Waals surface area (Å²) in [5.74, 6) is -0.512. The molecule has 1 N–H and O–H groups in total. The summed E-state index contributed by atoms with van der Waals surface area (Å²) in [6.45, 7) is 4.03. The lowest BCUT2D eigenvalue weighted by molar-refractivity contribution is -0.137. The highest BCUT2D eigenvalue weighted by Crippen LogP contribution is 2.12. The predicted molar refractivity (Wildman–Crippen MR) is 55.2 cm³/mol. The summed E-state index contributed by atoms with van der Waals surface area (Å²) in [4.78, 5) is 21.6. The molecule has 0 saturated heterocycles. The molecule has 0 fully saturated rings. The van der Waals surface area contributed by atoms with E-state index in [4.69, 9.17) is 5.11 Å². The number of carboxylic acid groups (broad SMARTS) is 1. The van der Waals surface area contributed by atoms with Gasteiger partial charge < -0.3 is 5.11 Å². The molecule has 0 heterocycles. The lowest BCUT2D eigenvalue weighted by atomic mass is 9.96. The highest BCUT2D eigenvalue weighted by atomic mass is 16.4. The van der Waals surface area contributed by atoms with Gasteiger partial charge >= 0.3 is 5.97 Å². The first-order chi connectivity index (χ1) is 6.57. The average Bonchev–Trinajstić information content (AvgIpc) is 2.13. The predicted octanol–water partition coefficient (Wildman–Crippen LogP) is 2.64. The summed E-state index contributed by atoms with van der Waals surface area (Å²) in [6, 6.07) is 0. The minimum atomic E-state index is -0.820. The summed E-state index contributed by atoms with van der Waals surface area (Å²) in [6.07, 6.45) is 4.11. The van der Waals surface area contributed by atoms with Crippen LogP contribution in [0.4, 0.5) is 0 Å². The highest BCUT2D eigenvalue weighted by Gasteiger charge is 2.12. The van der Waals surface area contributed by atoms with Crippen LogP contribution in [-0.2, 0) is 9.59 Å². The zero-order valence-electron chi connectivity index (χ0n) is 9.08. The quantitative estimate of drug-likeness (QED) is 0.655. The second-order valence-electron chi connectivity index (χ2n) is 3.76. The maximum atomic E-state index is 11.4. The number of Topliss-reactive ketones (excluding diaryl/α,β-unsaturated/α-hetero) is 1. The molecule has 0 radical (unpaired) electrons. The van der Waals surface area contributed by atoms with E-state index in [2.05, 4.69) is 6.92 Å². The van der Waals surface area contributed by atoms with Gasteiger partial charge in [-0.3, -0.25) is 9.59 Å². The summed E-state index contributed by atoms with van der Waals surface area (Å²) >= 11 is 0. The Kier molecular flexibility index (Phi) is 7.07. The van der Waals surface area contributed by atoms with Crippen molar-refractivity contribution in [3.8, 4) is 0 Å². The number of unbranched alkanes of at least 4 members (excludes halogenated alkanes) is 1. The fourth-order valence-electron chi connectivity index (χ4n) is 1.33. The molecule has 82 valence electrons. The third-order valence-electron chi connectivity index (χ3n) is 2.35. The standard InChI is InChI=1S/C11H20O3/c1-3-4-6-9(2)10(12)7-5-8-11(13)14/h9H,3-8H2,1-2H3,(H,13,14). The van der Waals surface area contributed by atoms with E-state index in [0.29, 0.717) is 12.8 Å². The van der Waals surface area contributed by atoms with Crippen LogP contribution in [0.25, 0.3) is 0 Å². The van der Waals surface area contributed by atoms with E-state index in [0.717, 1.165) is 19.3 Å². The van der Waals surface area contributed by atoms with Crippen molar-refractivity contribution in [2.45, 2.75) is 52.4 Å². The van der Waals surface area contributed by atoms with E-state index in [9.17, 15) is 9.59 Å². The topological polar surface area (TPSA) is 54.4 Å². The zero-order valence-corrected chi connectivity index (χ0v) is 9.08. The van der Waals surface area contributed by atoms with Gasteiger partial charge in [-0.2, -0.15) is 0 Å². The minimum Gasteiger partial charge on any atom is -0.481 e.